The van der Waals surface area contributed by atoms with Crippen LogP contribution in [0.3, 0.4) is 0 Å². The molecule has 0 heterocycles. The summed E-state index contributed by atoms with van der Waals surface area (Å²) in [5.41, 5.74) is 0. The summed E-state index contributed by atoms with van der Waals surface area (Å²) in [6.07, 6.45) is 2.29. The van der Waals surface area contributed by atoms with Crippen molar-refractivity contribution in [1.82, 2.24) is 0 Å². The standard InChI is InChI=1S/C8H8Cl2O4/c1-13-7(11)5(9)3-4-6(10)8(12)14-2/h3-4H,1-2H3/b5-3-,6-4-. The summed E-state index contributed by atoms with van der Waals surface area (Å²) in [6.45, 7) is 0. The molecule has 0 saturated heterocycles. The lowest BCUT2D eigenvalue weighted by atomic mass is 10.4. The SMILES string of the molecule is COC(=O)/C(Cl)=C/C=C(\Cl)C(=O)OC. The third kappa shape index (κ3) is 4.30. The topological polar surface area (TPSA) is 52.6 Å². The van der Waals surface area contributed by atoms with Crippen LogP contribution in [0.5, 0.6) is 0 Å². The Morgan fingerprint density at radius 2 is 1.21 bits per heavy atom. The molecule has 0 aliphatic heterocycles. The van der Waals surface area contributed by atoms with E-state index in [4.69, 9.17) is 23.2 Å². The van der Waals surface area contributed by atoms with Gasteiger partial charge in [0, 0.05) is 0 Å². The first-order valence-electron chi connectivity index (χ1n) is 3.42. The van der Waals surface area contributed by atoms with E-state index in [0.29, 0.717) is 0 Å². The third-order valence-corrected chi connectivity index (χ3v) is 1.70. The summed E-state index contributed by atoms with van der Waals surface area (Å²) < 4.78 is 8.61. The molecule has 0 aliphatic carbocycles. The lowest BCUT2D eigenvalue weighted by molar-refractivity contribution is -0.136. The summed E-state index contributed by atoms with van der Waals surface area (Å²) in [5.74, 6) is -1.42. The van der Waals surface area contributed by atoms with Crippen molar-refractivity contribution in [2.24, 2.45) is 0 Å². The van der Waals surface area contributed by atoms with Gasteiger partial charge in [-0.1, -0.05) is 23.2 Å². The molecule has 0 aromatic carbocycles. The Hall–Kier alpha value is -1.00. The molecule has 0 unspecified atom stereocenters. The Morgan fingerprint density at radius 1 is 0.929 bits per heavy atom. The van der Waals surface area contributed by atoms with Gasteiger partial charge in [-0.2, -0.15) is 0 Å². The number of rotatable bonds is 3. The van der Waals surface area contributed by atoms with Crippen molar-refractivity contribution in [1.29, 1.82) is 0 Å². The molecule has 0 spiro atoms. The van der Waals surface area contributed by atoms with Crippen LogP contribution in [0.2, 0.25) is 0 Å². The third-order valence-electron chi connectivity index (χ3n) is 1.14. The van der Waals surface area contributed by atoms with Crippen LogP contribution in [0.1, 0.15) is 0 Å². The maximum Gasteiger partial charge on any atom is 0.349 e. The quantitative estimate of drug-likeness (QED) is 0.426. The maximum atomic E-state index is 10.8. The van der Waals surface area contributed by atoms with Gasteiger partial charge in [-0.15, -0.1) is 0 Å². The van der Waals surface area contributed by atoms with Gasteiger partial charge >= 0.3 is 11.9 Å². The predicted molar refractivity (Wildman–Crippen MR) is 51.9 cm³/mol. The van der Waals surface area contributed by atoms with E-state index in [0.717, 1.165) is 12.2 Å². The second kappa shape index (κ2) is 6.45. The Kier molecular flexibility index (Phi) is 5.99. The lowest BCUT2D eigenvalue weighted by Gasteiger charge is -1.95. The predicted octanol–water partition coefficient (Wildman–Crippen LogP) is 1.58. The molecule has 0 amide bonds. The number of ether oxygens (including phenoxy) is 2. The largest absolute Gasteiger partial charge is 0.465 e. The molecule has 78 valence electrons. The zero-order valence-electron chi connectivity index (χ0n) is 7.54. The highest BCUT2D eigenvalue weighted by molar-refractivity contribution is 6.42. The number of methoxy groups -OCH3 is 2. The number of carbonyl (C=O) groups excluding carboxylic acids is 2. The maximum absolute atomic E-state index is 10.8. The van der Waals surface area contributed by atoms with Crippen molar-refractivity contribution in [3.8, 4) is 0 Å². The van der Waals surface area contributed by atoms with Crippen molar-refractivity contribution >= 4 is 35.1 Å². The first kappa shape index (κ1) is 13.0. The highest BCUT2D eigenvalue weighted by Crippen LogP contribution is 2.08. The molecule has 0 radical (unpaired) electrons. The van der Waals surface area contributed by atoms with Crippen molar-refractivity contribution in [2.75, 3.05) is 14.2 Å². The van der Waals surface area contributed by atoms with Crippen LogP contribution in [-0.4, -0.2) is 26.2 Å². The van der Waals surface area contributed by atoms with E-state index in [1.54, 1.807) is 0 Å². The Bertz CT molecular complexity index is 264. The first-order chi connectivity index (χ1) is 6.52. The molecule has 0 rings (SSSR count). The summed E-state index contributed by atoms with van der Waals surface area (Å²) >= 11 is 10.9. The second-order valence-electron chi connectivity index (χ2n) is 2.01. The normalized spacial score (nSPS) is 12.3. The van der Waals surface area contributed by atoms with Gasteiger partial charge in [0.2, 0.25) is 0 Å². The fourth-order valence-corrected chi connectivity index (χ4v) is 0.758. The highest BCUT2D eigenvalue weighted by atomic mass is 35.5. The Morgan fingerprint density at radius 3 is 1.43 bits per heavy atom. The van der Waals surface area contributed by atoms with Crippen molar-refractivity contribution in [2.45, 2.75) is 0 Å². The Balaban J connectivity index is 4.53. The van der Waals surface area contributed by atoms with E-state index in [-0.39, 0.29) is 10.1 Å². The minimum atomic E-state index is -0.711. The van der Waals surface area contributed by atoms with Crippen LogP contribution in [-0.2, 0) is 19.1 Å². The second-order valence-corrected chi connectivity index (χ2v) is 2.83. The number of halogens is 2. The van der Waals surface area contributed by atoms with Crippen LogP contribution in [0.25, 0.3) is 0 Å². The van der Waals surface area contributed by atoms with Crippen LogP contribution < -0.4 is 0 Å². The number of esters is 2. The van der Waals surface area contributed by atoms with E-state index in [9.17, 15) is 9.59 Å². The average molecular weight is 239 g/mol. The van der Waals surface area contributed by atoms with Crippen LogP contribution in [0.4, 0.5) is 0 Å². The molecule has 0 fully saturated rings. The molecule has 0 aromatic rings. The minimum Gasteiger partial charge on any atom is -0.465 e. The molecule has 0 atom stereocenters. The van der Waals surface area contributed by atoms with Gasteiger partial charge in [0.1, 0.15) is 10.1 Å². The first-order valence-corrected chi connectivity index (χ1v) is 4.18. The number of carbonyl (C=O) groups is 2. The fourth-order valence-electron chi connectivity index (χ4n) is 0.477. The van der Waals surface area contributed by atoms with E-state index < -0.39 is 11.9 Å². The van der Waals surface area contributed by atoms with Crippen molar-refractivity contribution in [3.05, 3.63) is 22.2 Å². The zero-order valence-corrected chi connectivity index (χ0v) is 9.06. The van der Waals surface area contributed by atoms with E-state index >= 15 is 0 Å². The Labute approximate surface area is 91.1 Å². The van der Waals surface area contributed by atoms with Crippen molar-refractivity contribution < 1.29 is 19.1 Å². The summed E-state index contributed by atoms with van der Waals surface area (Å²) in [5, 5.41) is -0.371. The average Bonchev–Trinajstić information content (AvgIpc) is 2.22. The molecular weight excluding hydrogens is 231 g/mol. The van der Waals surface area contributed by atoms with E-state index in [1.165, 1.54) is 14.2 Å². The fraction of sp³-hybridized carbons (Fsp3) is 0.250. The van der Waals surface area contributed by atoms with Gasteiger partial charge in [-0.25, -0.2) is 9.59 Å². The highest BCUT2D eigenvalue weighted by Gasteiger charge is 2.07. The van der Waals surface area contributed by atoms with Gasteiger partial charge in [-0.3, -0.25) is 0 Å². The van der Waals surface area contributed by atoms with Crippen LogP contribution >= 0.6 is 23.2 Å². The molecule has 0 saturated carbocycles. The minimum absolute atomic E-state index is 0.186. The molecular formula is C8H8Cl2O4. The summed E-state index contributed by atoms with van der Waals surface area (Å²) in [7, 11) is 2.37. The van der Waals surface area contributed by atoms with Gasteiger partial charge < -0.3 is 9.47 Å². The van der Waals surface area contributed by atoms with E-state index in [2.05, 4.69) is 9.47 Å². The monoisotopic (exact) mass is 238 g/mol. The van der Waals surface area contributed by atoms with Gasteiger partial charge in [0.05, 0.1) is 14.2 Å². The number of hydrogen-bond acceptors (Lipinski definition) is 4. The number of hydrogen-bond donors (Lipinski definition) is 0. The molecule has 14 heavy (non-hydrogen) atoms. The van der Waals surface area contributed by atoms with Crippen LogP contribution in [0.15, 0.2) is 22.2 Å². The molecule has 0 aromatic heterocycles. The summed E-state index contributed by atoms with van der Waals surface area (Å²) in [6, 6.07) is 0. The molecule has 0 bridgehead atoms. The van der Waals surface area contributed by atoms with Crippen LogP contribution in [0, 0.1) is 0 Å². The van der Waals surface area contributed by atoms with Gasteiger partial charge in [0.15, 0.2) is 0 Å². The molecule has 0 aliphatic rings. The number of allylic oxidation sites excluding steroid dienone is 2. The lowest BCUT2D eigenvalue weighted by Crippen LogP contribution is -2.01. The smallest absolute Gasteiger partial charge is 0.349 e. The summed E-state index contributed by atoms with van der Waals surface area (Å²) in [4.78, 5) is 21.5. The van der Waals surface area contributed by atoms with Gasteiger partial charge in [-0.05, 0) is 12.2 Å². The zero-order chi connectivity index (χ0) is 11.1. The van der Waals surface area contributed by atoms with E-state index in [1.807, 2.05) is 0 Å². The molecule has 6 heteroatoms. The van der Waals surface area contributed by atoms with Gasteiger partial charge in [0.25, 0.3) is 0 Å². The van der Waals surface area contributed by atoms with Crippen molar-refractivity contribution in [3.63, 3.8) is 0 Å². The molecule has 4 nitrogen and oxygen atoms in total. The molecule has 0 N–H and O–H groups in total.